The van der Waals surface area contributed by atoms with Gasteiger partial charge in [-0.15, -0.1) is 0 Å². The van der Waals surface area contributed by atoms with Crippen LogP contribution in [0.3, 0.4) is 0 Å². The molecule has 1 heterocycles. The maximum absolute atomic E-state index is 5.88. The third-order valence-electron chi connectivity index (χ3n) is 2.29. The minimum absolute atomic E-state index is 0.0233. The largest absolute Gasteiger partial charge is 0.365 e. The molecule has 70 valence electrons. The summed E-state index contributed by atoms with van der Waals surface area (Å²) in [7, 11) is 0. The van der Waals surface area contributed by atoms with Gasteiger partial charge < -0.3 is 10.5 Å². The number of hydrogen-bond acceptors (Lipinski definition) is 2. The van der Waals surface area contributed by atoms with Crippen molar-refractivity contribution in [3.05, 3.63) is 11.6 Å². The second-order valence-electron chi connectivity index (χ2n) is 4.51. The van der Waals surface area contributed by atoms with Gasteiger partial charge in [-0.2, -0.15) is 0 Å². The monoisotopic (exact) mass is 169 g/mol. The average molecular weight is 169 g/mol. The van der Waals surface area contributed by atoms with Crippen molar-refractivity contribution in [1.29, 1.82) is 0 Å². The molecular formula is C10H19NO. The van der Waals surface area contributed by atoms with Gasteiger partial charge in [0.15, 0.2) is 0 Å². The van der Waals surface area contributed by atoms with E-state index in [4.69, 9.17) is 10.5 Å². The van der Waals surface area contributed by atoms with E-state index in [1.807, 2.05) is 0 Å². The van der Waals surface area contributed by atoms with Crippen molar-refractivity contribution in [3.8, 4) is 0 Å². The van der Waals surface area contributed by atoms with Crippen molar-refractivity contribution in [2.24, 2.45) is 5.73 Å². The quantitative estimate of drug-likeness (QED) is 0.608. The van der Waals surface area contributed by atoms with Crippen LogP contribution in [-0.4, -0.2) is 17.7 Å². The zero-order valence-electron chi connectivity index (χ0n) is 8.48. The Hall–Kier alpha value is -0.340. The molecule has 0 aliphatic carbocycles. The van der Waals surface area contributed by atoms with Gasteiger partial charge in [-0.25, -0.2) is 0 Å². The van der Waals surface area contributed by atoms with E-state index < -0.39 is 0 Å². The van der Waals surface area contributed by atoms with Gasteiger partial charge in [-0.1, -0.05) is 6.08 Å². The summed E-state index contributed by atoms with van der Waals surface area (Å²) in [5.74, 6) is 0. The number of hydrogen-bond donors (Lipinski definition) is 1. The summed E-state index contributed by atoms with van der Waals surface area (Å²) in [6.07, 6.45) is 3.08. The first kappa shape index (κ1) is 9.75. The van der Waals surface area contributed by atoms with Crippen LogP contribution < -0.4 is 5.73 Å². The van der Waals surface area contributed by atoms with Gasteiger partial charge >= 0.3 is 0 Å². The van der Waals surface area contributed by atoms with Crippen LogP contribution in [0.2, 0.25) is 0 Å². The van der Waals surface area contributed by atoms with Crippen LogP contribution >= 0.6 is 0 Å². The van der Waals surface area contributed by atoms with E-state index in [9.17, 15) is 0 Å². The molecule has 0 aromatic rings. The van der Waals surface area contributed by atoms with Crippen molar-refractivity contribution < 1.29 is 4.74 Å². The van der Waals surface area contributed by atoms with Gasteiger partial charge in [-0.3, -0.25) is 0 Å². The Kier molecular flexibility index (Phi) is 2.32. The molecule has 1 aliphatic heterocycles. The van der Waals surface area contributed by atoms with Crippen molar-refractivity contribution in [2.75, 3.05) is 6.54 Å². The van der Waals surface area contributed by atoms with E-state index in [0.29, 0.717) is 6.54 Å². The third kappa shape index (κ3) is 1.87. The second-order valence-corrected chi connectivity index (χ2v) is 4.51. The van der Waals surface area contributed by atoms with Gasteiger partial charge in [0.25, 0.3) is 0 Å². The Morgan fingerprint density at radius 2 is 2.00 bits per heavy atom. The lowest BCUT2D eigenvalue weighted by molar-refractivity contribution is -0.0567. The first-order chi connectivity index (χ1) is 5.37. The van der Waals surface area contributed by atoms with E-state index in [2.05, 4.69) is 33.8 Å². The summed E-state index contributed by atoms with van der Waals surface area (Å²) in [6.45, 7) is 9.04. The molecule has 2 heteroatoms. The molecule has 1 saturated heterocycles. The van der Waals surface area contributed by atoms with Crippen LogP contribution in [0.5, 0.6) is 0 Å². The molecule has 0 radical (unpaired) electrons. The first-order valence-corrected chi connectivity index (χ1v) is 4.47. The average Bonchev–Trinajstić information content (AvgIpc) is 2.01. The highest BCUT2D eigenvalue weighted by Crippen LogP contribution is 2.40. The highest BCUT2D eigenvalue weighted by Gasteiger charge is 2.40. The molecule has 12 heavy (non-hydrogen) atoms. The SMILES string of the molecule is CC1(C)CC(=CCN)C(C)(C)O1. The predicted molar refractivity (Wildman–Crippen MR) is 51.0 cm³/mol. The molecule has 0 unspecified atom stereocenters. The van der Waals surface area contributed by atoms with Crippen molar-refractivity contribution in [3.63, 3.8) is 0 Å². The highest BCUT2D eigenvalue weighted by molar-refractivity contribution is 5.22. The molecule has 1 fully saturated rings. The number of nitrogens with two attached hydrogens (primary N) is 1. The van der Waals surface area contributed by atoms with Crippen LogP contribution in [0, 0.1) is 0 Å². The lowest BCUT2D eigenvalue weighted by atomic mass is 9.94. The highest BCUT2D eigenvalue weighted by atomic mass is 16.5. The Morgan fingerprint density at radius 3 is 2.33 bits per heavy atom. The molecule has 0 aromatic heterocycles. The first-order valence-electron chi connectivity index (χ1n) is 4.47. The molecule has 0 spiro atoms. The molecular weight excluding hydrogens is 150 g/mol. The van der Waals surface area contributed by atoms with E-state index in [1.165, 1.54) is 5.57 Å². The fraction of sp³-hybridized carbons (Fsp3) is 0.800. The maximum Gasteiger partial charge on any atom is 0.0844 e. The summed E-state index contributed by atoms with van der Waals surface area (Å²) in [5, 5.41) is 0. The zero-order chi connectivity index (χ0) is 9.41. The Morgan fingerprint density at radius 1 is 1.42 bits per heavy atom. The molecule has 0 aromatic carbocycles. The van der Waals surface area contributed by atoms with Gasteiger partial charge in [0.2, 0.25) is 0 Å². The summed E-state index contributed by atoms with van der Waals surface area (Å²) in [5.41, 5.74) is 6.67. The lowest BCUT2D eigenvalue weighted by Crippen LogP contribution is -2.26. The molecule has 2 N–H and O–H groups in total. The smallest absolute Gasteiger partial charge is 0.0844 e. The van der Waals surface area contributed by atoms with E-state index in [-0.39, 0.29) is 11.2 Å². The summed E-state index contributed by atoms with van der Waals surface area (Å²) >= 11 is 0. The summed E-state index contributed by atoms with van der Waals surface area (Å²) in [6, 6.07) is 0. The Bertz CT molecular complexity index is 204. The van der Waals surface area contributed by atoms with Gasteiger partial charge in [0.05, 0.1) is 11.2 Å². The third-order valence-corrected chi connectivity index (χ3v) is 2.29. The second kappa shape index (κ2) is 2.86. The molecule has 0 bridgehead atoms. The maximum atomic E-state index is 5.88. The van der Waals surface area contributed by atoms with Crippen LogP contribution in [0.25, 0.3) is 0 Å². The van der Waals surface area contributed by atoms with E-state index >= 15 is 0 Å². The fourth-order valence-electron chi connectivity index (χ4n) is 1.92. The molecule has 1 aliphatic rings. The molecule has 1 rings (SSSR count). The number of ether oxygens (including phenoxy) is 1. The molecule has 2 nitrogen and oxygen atoms in total. The molecule has 0 atom stereocenters. The Labute approximate surface area is 74.8 Å². The fourth-order valence-corrected chi connectivity index (χ4v) is 1.92. The van der Waals surface area contributed by atoms with Crippen LogP contribution in [0.1, 0.15) is 34.1 Å². The van der Waals surface area contributed by atoms with Crippen LogP contribution in [-0.2, 0) is 4.74 Å². The molecule has 0 amide bonds. The van der Waals surface area contributed by atoms with Crippen molar-refractivity contribution in [1.82, 2.24) is 0 Å². The van der Waals surface area contributed by atoms with Gasteiger partial charge in [0.1, 0.15) is 0 Å². The Balaban J connectivity index is 2.85. The minimum atomic E-state index is -0.122. The van der Waals surface area contributed by atoms with E-state index in [1.54, 1.807) is 0 Å². The normalized spacial score (nSPS) is 29.6. The number of rotatable bonds is 1. The van der Waals surface area contributed by atoms with Gasteiger partial charge in [-0.05, 0) is 39.7 Å². The molecule has 0 saturated carbocycles. The predicted octanol–water partition coefficient (Wildman–Crippen LogP) is 1.85. The lowest BCUT2D eigenvalue weighted by Gasteiger charge is -2.23. The van der Waals surface area contributed by atoms with Crippen LogP contribution in [0.4, 0.5) is 0 Å². The topological polar surface area (TPSA) is 35.2 Å². The van der Waals surface area contributed by atoms with Gasteiger partial charge in [0, 0.05) is 6.54 Å². The van der Waals surface area contributed by atoms with Crippen molar-refractivity contribution in [2.45, 2.75) is 45.3 Å². The summed E-state index contributed by atoms with van der Waals surface area (Å²) < 4.78 is 5.88. The van der Waals surface area contributed by atoms with Crippen molar-refractivity contribution >= 4 is 0 Å². The van der Waals surface area contributed by atoms with Crippen LogP contribution in [0.15, 0.2) is 11.6 Å². The zero-order valence-corrected chi connectivity index (χ0v) is 8.48. The van der Waals surface area contributed by atoms with E-state index in [0.717, 1.165) is 6.42 Å². The minimum Gasteiger partial charge on any atom is -0.365 e. The standard InChI is InChI=1S/C10H19NO/c1-9(2)7-8(5-6-11)10(3,4)12-9/h5H,6-7,11H2,1-4H3. The summed E-state index contributed by atoms with van der Waals surface area (Å²) in [4.78, 5) is 0.